The summed E-state index contributed by atoms with van der Waals surface area (Å²) >= 11 is 0. The highest BCUT2D eigenvalue weighted by Crippen LogP contribution is 2.21. The standard InChI is InChI=1S/C29H42N2O5/c1-4-6-8-15-25(18-23-13-9-7-10-14-23)29(35)36-22(3)20-30-28(34)24(12-5-2)19-27(33)31-17-11-16-26(31)21-32/h4-5,7,9-10,13-14,22,24-26,32H,1-2,6,8,11-12,15-21H2,3H3,(H,30,34)/t22-,24-,25+,26-/m0/s1. The first-order valence-corrected chi connectivity index (χ1v) is 13.0. The van der Waals surface area contributed by atoms with Crippen LogP contribution in [-0.4, -0.2) is 59.6 Å². The number of hydrogen-bond donors (Lipinski definition) is 2. The average molecular weight is 499 g/mol. The van der Waals surface area contributed by atoms with Gasteiger partial charge in [-0.3, -0.25) is 14.4 Å². The van der Waals surface area contributed by atoms with Crippen molar-refractivity contribution in [3.63, 3.8) is 0 Å². The van der Waals surface area contributed by atoms with Crippen molar-refractivity contribution in [2.45, 2.75) is 70.4 Å². The van der Waals surface area contributed by atoms with Gasteiger partial charge in [-0.05, 0) is 57.4 Å². The molecule has 0 aliphatic carbocycles. The molecule has 1 fully saturated rings. The number of likely N-dealkylation sites (tertiary alicyclic amines) is 1. The van der Waals surface area contributed by atoms with Crippen molar-refractivity contribution in [3.8, 4) is 0 Å². The van der Waals surface area contributed by atoms with Crippen LogP contribution in [0.4, 0.5) is 0 Å². The topological polar surface area (TPSA) is 95.9 Å². The van der Waals surface area contributed by atoms with E-state index < -0.39 is 12.0 Å². The summed E-state index contributed by atoms with van der Waals surface area (Å²) in [4.78, 5) is 40.2. The maximum absolute atomic E-state index is 12.9. The lowest BCUT2D eigenvalue weighted by Crippen LogP contribution is -2.42. The molecule has 1 aromatic carbocycles. The summed E-state index contributed by atoms with van der Waals surface area (Å²) in [5, 5.41) is 12.3. The Kier molecular flexibility index (Phi) is 13.0. The molecule has 7 heteroatoms. The second-order valence-electron chi connectivity index (χ2n) is 9.59. The molecule has 0 spiro atoms. The predicted octanol–water partition coefficient (Wildman–Crippen LogP) is 3.82. The zero-order valence-corrected chi connectivity index (χ0v) is 21.6. The van der Waals surface area contributed by atoms with Crippen LogP contribution in [0.25, 0.3) is 0 Å². The molecule has 0 bridgehead atoms. The fourth-order valence-corrected chi connectivity index (χ4v) is 4.60. The molecule has 1 aliphatic heterocycles. The number of amides is 2. The fraction of sp³-hybridized carbons (Fsp3) is 0.552. The number of aliphatic hydroxyl groups excluding tert-OH is 1. The number of benzene rings is 1. The first-order valence-electron chi connectivity index (χ1n) is 13.0. The lowest BCUT2D eigenvalue weighted by atomic mass is 9.94. The molecule has 0 unspecified atom stereocenters. The lowest BCUT2D eigenvalue weighted by molar-refractivity contribution is -0.153. The van der Waals surface area contributed by atoms with Crippen LogP contribution < -0.4 is 5.32 Å². The third-order valence-electron chi connectivity index (χ3n) is 6.65. The van der Waals surface area contributed by atoms with Gasteiger partial charge >= 0.3 is 5.97 Å². The number of aliphatic hydroxyl groups is 1. The SMILES string of the molecule is C=CCCC[C@H](Cc1ccccc1)C(=O)O[C@@H](C)CNC(=O)[C@@H](CC=C)CC(=O)N1CCC[C@H]1CO. The first-order chi connectivity index (χ1) is 17.4. The van der Waals surface area contributed by atoms with Crippen LogP contribution in [0.2, 0.25) is 0 Å². The summed E-state index contributed by atoms with van der Waals surface area (Å²) in [6, 6.07) is 9.70. The molecule has 0 saturated carbocycles. The van der Waals surface area contributed by atoms with Gasteiger partial charge in [0.25, 0.3) is 0 Å². The molecule has 1 aliphatic rings. The van der Waals surface area contributed by atoms with Gasteiger partial charge in [-0.2, -0.15) is 0 Å². The molecule has 4 atom stereocenters. The van der Waals surface area contributed by atoms with Gasteiger partial charge in [0, 0.05) is 13.0 Å². The molecule has 7 nitrogen and oxygen atoms in total. The van der Waals surface area contributed by atoms with E-state index in [0.717, 1.165) is 31.2 Å². The summed E-state index contributed by atoms with van der Waals surface area (Å²) in [7, 11) is 0. The molecule has 2 rings (SSSR count). The smallest absolute Gasteiger partial charge is 0.309 e. The van der Waals surface area contributed by atoms with Gasteiger partial charge in [0.2, 0.25) is 11.8 Å². The molecule has 1 saturated heterocycles. The number of unbranched alkanes of at least 4 members (excludes halogenated alkanes) is 1. The Bertz CT molecular complexity index is 856. The van der Waals surface area contributed by atoms with E-state index >= 15 is 0 Å². The average Bonchev–Trinajstić information content (AvgIpc) is 3.36. The minimum absolute atomic E-state index is 0.0605. The van der Waals surface area contributed by atoms with Gasteiger partial charge in [0.1, 0.15) is 6.10 Å². The maximum Gasteiger partial charge on any atom is 0.309 e. The van der Waals surface area contributed by atoms with E-state index in [9.17, 15) is 19.5 Å². The Morgan fingerprint density at radius 1 is 1.19 bits per heavy atom. The number of ether oxygens (including phenoxy) is 1. The van der Waals surface area contributed by atoms with E-state index in [1.807, 2.05) is 36.4 Å². The summed E-state index contributed by atoms with van der Waals surface area (Å²) in [6.45, 7) is 9.94. The van der Waals surface area contributed by atoms with Crippen LogP contribution in [-0.2, 0) is 25.5 Å². The largest absolute Gasteiger partial charge is 0.461 e. The fourth-order valence-electron chi connectivity index (χ4n) is 4.60. The highest BCUT2D eigenvalue weighted by molar-refractivity contribution is 5.86. The Balaban J connectivity index is 1.88. The monoisotopic (exact) mass is 498 g/mol. The third kappa shape index (κ3) is 9.61. The Morgan fingerprint density at radius 2 is 1.94 bits per heavy atom. The van der Waals surface area contributed by atoms with Crippen LogP contribution in [0, 0.1) is 11.8 Å². The number of nitrogens with zero attached hydrogens (tertiary/aromatic N) is 1. The molecular weight excluding hydrogens is 456 g/mol. The molecular formula is C29H42N2O5. The van der Waals surface area contributed by atoms with Crippen molar-refractivity contribution in [1.82, 2.24) is 10.2 Å². The molecule has 36 heavy (non-hydrogen) atoms. The Morgan fingerprint density at radius 3 is 2.61 bits per heavy atom. The van der Waals surface area contributed by atoms with E-state index in [0.29, 0.717) is 25.8 Å². The predicted molar refractivity (Wildman–Crippen MR) is 141 cm³/mol. The maximum atomic E-state index is 12.9. The van der Waals surface area contributed by atoms with Crippen LogP contribution in [0.1, 0.15) is 57.4 Å². The second kappa shape index (κ2) is 15.9. The Hall–Kier alpha value is -2.93. The van der Waals surface area contributed by atoms with E-state index in [4.69, 9.17) is 4.74 Å². The minimum Gasteiger partial charge on any atom is -0.461 e. The van der Waals surface area contributed by atoms with E-state index in [-0.39, 0.29) is 49.3 Å². The van der Waals surface area contributed by atoms with Gasteiger partial charge in [0.15, 0.2) is 0 Å². The molecule has 2 N–H and O–H groups in total. The van der Waals surface area contributed by atoms with Crippen LogP contribution in [0.15, 0.2) is 55.6 Å². The minimum atomic E-state index is -0.553. The van der Waals surface area contributed by atoms with Crippen molar-refractivity contribution in [1.29, 1.82) is 0 Å². The highest BCUT2D eigenvalue weighted by atomic mass is 16.5. The molecule has 0 radical (unpaired) electrons. The van der Waals surface area contributed by atoms with Gasteiger partial charge in [0.05, 0.1) is 31.0 Å². The van der Waals surface area contributed by atoms with Crippen molar-refractivity contribution >= 4 is 17.8 Å². The number of hydrogen-bond acceptors (Lipinski definition) is 5. The number of esters is 1. The third-order valence-corrected chi connectivity index (χ3v) is 6.65. The van der Waals surface area contributed by atoms with Gasteiger partial charge in [-0.1, -0.05) is 42.5 Å². The molecule has 198 valence electrons. The quantitative estimate of drug-likeness (QED) is 0.205. The van der Waals surface area contributed by atoms with E-state index in [1.165, 1.54) is 0 Å². The molecule has 0 aromatic heterocycles. The zero-order valence-electron chi connectivity index (χ0n) is 21.6. The van der Waals surface area contributed by atoms with E-state index in [2.05, 4.69) is 18.5 Å². The summed E-state index contributed by atoms with van der Waals surface area (Å²) < 4.78 is 5.69. The van der Waals surface area contributed by atoms with Crippen molar-refractivity contribution < 1.29 is 24.2 Å². The van der Waals surface area contributed by atoms with Gasteiger partial charge in [-0.25, -0.2) is 0 Å². The van der Waals surface area contributed by atoms with Crippen LogP contribution in [0.5, 0.6) is 0 Å². The summed E-state index contributed by atoms with van der Waals surface area (Å²) in [6.07, 6.45) is 8.04. The lowest BCUT2D eigenvalue weighted by Gasteiger charge is -2.25. The van der Waals surface area contributed by atoms with Gasteiger partial charge in [-0.15, -0.1) is 13.2 Å². The molecule has 1 aromatic rings. The van der Waals surface area contributed by atoms with Crippen molar-refractivity contribution in [2.24, 2.45) is 11.8 Å². The van der Waals surface area contributed by atoms with Crippen molar-refractivity contribution in [2.75, 3.05) is 19.7 Å². The van der Waals surface area contributed by atoms with E-state index in [1.54, 1.807) is 17.9 Å². The second-order valence-corrected chi connectivity index (χ2v) is 9.59. The first kappa shape index (κ1) is 29.3. The van der Waals surface area contributed by atoms with Crippen LogP contribution >= 0.6 is 0 Å². The Labute approximate surface area is 215 Å². The number of carbonyl (C=O) groups excluding carboxylic acids is 3. The number of allylic oxidation sites excluding steroid dienone is 2. The molecule has 2 amide bonds. The van der Waals surface area contributed by atoms with Crippen molar-refractivity contribution in [3.05, 3.63) is 61.2 Å². The highest BCUT2D eigenvalue weighted by Gasteiger charge is 2.31. The summed E-state index contributed by atoms with van der Waals surface area (Å²) in [5.41, 5.74) is 1.08. The number of rotatable bonds is 16. The number of carbonyl (C=O) groups is 3. The van der Waals surface area contributed by atoms with Crippen LogP contribution in [0.3, 0.4) is 0 Å². The van der Waals surface area contributed by atoms with Gasteiger partial charge < -0.3 is 20.1 Å². The molecule has 1 heterocycles. The zero-order chi connectivity index (χ0) is 26.3. The summed E-state index contributed by atoms with van der Waals surface area (Å²) in [5.74, 6) is -1.49. The number of nitrogens with one attached hydrogen (secondary N) is 1. The normalized spacial score (nSPS) is 17.6.